The Morgan fingerprint density at radius 1 is 1.20 bits per heavy atom. The van der Waals surface area contributed by atoms with Crippen LogP contribution in [0.1, 0.15) is 37.7 Å². The predicted molar refractivity (Wildman–Crippen MR) is 72.2 cm³/mol. The highest BCUT2D eigenvalue weighted by atomic mass is 16.3. The van der Waals surface area contributed by atoms with Crippen molar-refractivity contribution in [2.75, 3.05) is 0 Å². The number of hydrogen-bond acceptors (Lipinski definition) is 4. The van der Waals surface area contributed by atoms with Crippen molar-refractivity contribution >= 4 is 11.8 Å². The zero-order valence-electron chi connectivity index (χ0n) is 11.7. The van der Waals surface area contributed by atoms with Crippen LogP contribution < -0.4 is 5.73 Å². The molecule has 2 fully saturated rings. The van der Waals surface area contributed by atoms with Crippen LogP contribution in [0.5, 0.6) is 0 Å². The Bertz CT molecular complexity index is 513. The Hall–Kier alpha value is -1.62. The van der Waals surface area contributed by atoms with E-state index in [1.165, 1.54) is 4.90 Å². The van der Waals surface area contributed by atoms with E-state index in [1.54, 1.807) is 12.1 Å². The first kappa shape index (κ1) is 13.4. The lowest BCUT2D eigenvalue weighted by Gasteiger charge is -2.16. The van der Waals surface area contributed by atoms with Crippen LogP contribution in [-0.2, 0) is 22.7 Å². The van der Waals surface area contributed by atoms with E-state index >= 15 is 0 Å². The number of carbonyl (C=O) groups is 2. The molecule has 1 aromatic heterocycles. The van der Waals surface area contributed by atoms with E-state index in [-0.39, 0.29) is 30.2 Å². The molecular weight excluding hydrogens is 256 g/mol. The lowest BCUT2D eigenvalue weighted by molar-refractivity contribution is -0.141. The van der Waals surface area contributed by atoms with Crippen LogP contribution in [0.25, 0.3) is 0 Å². The second kappa shape index (κ2) is 5.05. The van der Waals surface area contributed by atoms with Gasteiger partial charge in [-0.15, -0.1) is 0 Å². The summed E-state index contributed by atoms with van der Waals surface area (Å²) in [5.74, 6) is 1.56. The number of carbonyl (C=O) groups excluding carboxylic acids is 2. The summed E-state index contributed by atoms with van der Waals surface area (Å²) < 4.78 is 5.48. The lowest BCUT2D eigenvalue weighted by atomic mass is 10.00. The SMILES string of the molecule is CCC1CC2C(=O)N(Cc3ccc(CN)o3)C(=O)C2C1. The van der Waals surface area contributed by atoms with Gasteiger partial charge in [0.05, 0.1) is 24.9 Å². The van der Waals surface area contributed by atoms with E-state index in [1.807, 2.05) is 0 Å². The molecule has 1 saturated heterocycles. The minimum absolute atomic E-state index is 0.0263. The van der Waals surface area contributed by atoms with Crippen LogP contribution in [0.3, 0.4) is 0 Å². The molecule has 5 heteroatoms. The first-order valence-corrected chi connectivity index (χ1v) is 7.27. The van der Waals surface area contributed by atoms with E-state index in [9.17, 15) is 9.59 Å². The van der Waals surface area contributed by atoms with Gasteiger partial charge in [0.15, 0.2) is 0 Å². The third-order valence-electron chi connectivity index (χ3n) is 4.64. The zero-order chi connectivity index (χ0) is 14.3. The van der Waals surface area contributed by atoms with Crippen LogP contribution in [-0.4, -0.2) is 16.7 Å². The van der Waals surface area contributed by atoms with Gasteiger partial charge in [-0.1, -0.05) is 13.3 Å². The standard InChI is InChI=1S/C15H20N2O3/c1-2-9-5-12-13(6-9)15(19)17(14(12)18)8-11-4-3-10(7-16)20-11/h3-4,9,12-13H,2,5-8,16H2,1H3. The molecule has 108 valence electrons. The summed E-state index contributed by atoms with van der Waals surface area (Å²) in [5.41, 5.74) is 5.49. The topological polar surface area (TPSA) is 76.5 Å². The molecule has 2 atom stereocenters. The van der Waals surface area contributed by atoms with Gasteiger partial charge in [-0.05, 0) is 30.9 Å². The smallest absolute Gasteiger partial charge is 0.233 e. The molecule has 0 radical (unpaired) electrons. The van der Waals surface area contributed by atoms with E-state index in [4.69, 9.17) is 10.2 Å². The van der Waals surface area contributed by atoms with E-state index in [0.717, 1.165) is 19.3 Å². The van der Waals surface area contributed by atoms with Crippen LogP contribution in [0.2, 0.25) is 0 Å². The number of nitrogens with zero attached hydrogens (tertiary/aromatic N) is 1. The maximum absolute atomic E-state index is 12.4. The van der Waals surface area contributed by atoms with E-state index in [2.05, 4.69) is 6.92 Å². The molecule has 1 saturated carbocycles. The first-order chi connectivity index (χ1) is 9.63. The highest BCUT2D eigenvalue weighted by Crippen LogP contribution is 2.44. The van der Waals surface area contributed by atoms with Crippen molar-refractivity contribution in [1.82, 2.24) is 4.90 Å². The number of rotatable bonds is 4. The van der Waals surface area contributed by atoms with Crippen LogP contribution in [0, 0.1) is 17.8 Å². The Labute approximate surface area is 118 Å². The van der Waals surface area contributed by atoms with Crippen LogP contribution >= 0.6 is 0 Å². The second-order valence-electron chi connectivity index (χ2n) is 5.79. The molecule has 1 aliphatic heterocycles. The molecule has 0 bridgehead atoms. The number of hydrogen-bond donors (Lipinski definition) is 1. The number of amides is 2. The maximum atomic E-state index is 12.4. The minimum Gasteiger partial charge on any atom is -0.463 e. The highest BCUT2D eigenvalue weighted by molar-refractivity contribution is 6.05. The Morgan fingerprint density at radius 3 is 2.30 bits per heavy atom. The largest absolute Gasteiger partial charge is 0.463 e. The fourth-order valence-corrected chi connectivity index (χ4v) is 3.46. The summed E-state index contributed by atoms with van der Waals surface area (Å²) in [6.07, 6.45) is 2.76. The van der Waals surface area contributed by atoms with Crippen molar-refractivity contribution < 1.29 is 14.0 Å². The van der Waals surface area contributed by atoms with Crippen LogP contribution in [0.4, 0.5) is 0 Å². The van der Waals surface area contributed by atoms with Crippen molar-refractivity contribution in [3.8, 4) is 0 Å². The number of likely N-dealkylation sites (tertiary alicyclic amines) is 1. The molecule has 2 aliphatic rings. The Balaban J connectivity index is 1.73. The maximum Gasteiger partial charge on any atom is 0.233 e. The minimum atomic E-state index is -0.101. The normalized spacial score (nSPS) is 29.3. The van der Waals surface area contributed by atoms with Gasteiger partial charge < -0.3 is 10.2 Å². The molecule has 5 nitrogen and oxygen atoms in total. The molecular formula is C15H20N2O3. The summed E-state index contributed by atoms with van der Waals surface area (Å²) in [4.78, 5) is 26.1. The number of nitrogens with two attached hydrogens (primary N) is 1. The summed E-state index contributed by atoms with van der Waals surface area (Å²) in [7, 11) is 0. The molecule has 0 aromatic carbocycles. The van der Waals surface area contributed by atoms with Crippen molar-refractivity contribution in [3.05, 3.63) is 23.7 Å². The predicted octanol–water partition coefficient (Wildman–Crippen LogP) is 1.66. The van der Waals surface area contributed by atoms with Crippen molar-refractivity contribution in [2.45, 2.75) is 39.3 Å². The summed E-state index contributed by atoms with van der Waals surface area (Å²) in [6, 6.07) is 3.57. The van der Waals surface area contributed by atoms with E-state index < -0.39 is 0 Å². The molecule has 2 heterocycles. The molecule has 2 N–H and O–H groups in total. The Kier molecular flexibility index (Phi) is 3.38. The molecule has 1 aromatic rings. The van der Waals surface area contributed by atoms with Crippen molar-refractivity contribution in [1.29, 1.82) is 0 Å². The van der Waals surface area contributed by atoms with Crippen molar-refractivity contribution in [3.63, 3.8) is 0 Å². The number of fused-ring (bicyclic) bond motifs is 1. The first-order valence-electron chi connectivity index (χ1n) is 7.27. The lowest BCUT2D eigenvalue weighted by Crippen LogP contribution is -2.31. The second-order valence-corrected chi connectivity index (χ2v) is 5.79. The van der Waals surface area contributed by atoms with Crippen LogP contribution in [0.15, 0.2) is 16.5 Å². The molecule has 2 unspecified atom stereocenters. The monoisotopic (exact) mass is 276 g/mol. The third kappa shape index (κ3) is 2.06. The molecule has 0 spiro atoms. The highest BCUT2D eigenvalue weighted by Gasteiger charge is 2.52. The van der Waals surface area contributed by atoms with Gasteiger partial charge in [0, 0.05) is 0 Å². The number of furan rings is 1. The van der Waals surface area contributed by atoms with Gasteiger partial charge in [0.2, 0.25) is 11.8 Å². The summed E-state index contributed by atoms with van der Waals surface area (Å²) >= 11 is 0. The fraction of sp³-hybridized carbons (Fsp3) is 0.600. The quantitative estimate of drug-likeness (QED) is 0.848. The van der Waals surface area contributed by atoms with E-state index in [0.29, 0.717) is 24.0 Å². The number of imide groups is 1. The van der Waals surface area contributed by atoms with Gasteiger partial charge in [0.25, 0.3) is 0 Å². The zero-order valence-corrected chi connectivity index (χ0v) is 11.7. The molecule has 3 rings (SSSR count). The summed E-state index contributed by atoms with van der Waals surface area (Å²) in [6.45, 7) is 2.68. The summed E-state index contributed by atoms with van der Waals surface area (Å²) in [5, 5.41) is 0. The average Bonchev–Trinajstić information content (AvgIpc) is 3.13. The van der Waals surface area contributed by atoms with Gasteiger partial charge in [-0.2, -0.15) is 0 Å². The molecule has 2 amide bonds. The van der Waals surface area contributed by atoms with Gasteiger partial charge in [-0.25, -0.2) is 0 Å². The third-order valence-corrected chi connectivity index (χ3v) is 4.64. The van der Waals surface area contributed by atoms with Gasteiger partial charge in [0.1, 0.15) is 11.5 Å². The van der Waals surface area contributed by atoms with Crippen molar-refractivity contribution in [2.24, 2.45) is 23.5 Å². The fourth-order valence-electron chi connectivity index (χ4n) is 3.46. The Morgan fingerprint density at radius 2 is 1.80 bits per heavy atom. The van der Waals surface area contributed by atoms with Gasteiger partial charge >= 0.3 is 0 Å². The molecule has 20 heavy (non-hydrogen) atoms. The molecule has 1 aliphatic carbocycles. The van der Waals surface area contributed by atoms with Gasteiger partial charge in [-0.3, -0.25) is 14.5 Å². The average molecular weight is 276 g/mol.